The van der Waals surface area contributed by atoms with Gasteiger partial charge in [-0.1, -0.05) is 57.2 Å². The van der Waals surface area contributed by atoms with Crippen molar-refractivity contribution in [2.75, 3.05) is 20.6 Å². The lowest BCUT2D eigenvalue weighted by Crippen LogP contribution is -2.24. The number of carbonyl (C=O) groups is 1. The van der Waals surface area contributed by atoms with Crippen LogP contribution in [0.1, 0.15) is 68.8 Å². The molecule has 1 aliphatic heterocycles. The number of pyridine rings is 1. The molecular formula is C27H37N3O2. The van der Waals surface area contributed by atoms with Gasteiger partial charge in [-0.25, -0.2) is 0 Å². The lowest BCUT2D eigenvalue weighted by Gasteiger charge is -2.20. The Kier molecular flexibility index (Phi) is 7.73. The first kappa shape index (κ1) is 24.0. The van der Waals surface area contributed by atoms with Crippen LogP contribution in [0.5, 0.6) is 0 Å². The van der Waals surface area contributed by atoms with Gasteiger partial charge in [-0.05, 0) is 68.9 Å². The minimum absolute atomic E-state index is 0.0194. The third-order valence-corrected chi connectivity index (χ3v) is 6.04. The molecule has 0 aliphatic carbocycles. The van der Waals surface area contributed by atoms with Crippen molar-refractivity contribution in [3.05, 3.63) is 75.2 Å². The maximum Gasteiger partial charge on any atom is 0.251 e. The fourth-order valence-electron chi connectivity index (χ4n) is 4.06. The molecule has 1 aromatic carbocycles. The summed E-state index contributed by atoms with van der Waals surface area (Å²) in [7, 11) is 4.13. The molecule has 0 saturated carbocycles. The maximum absolute atomic E-state index is 12.8. The largest absolute Gasteiger partial charge is 0.350 e. The number of hydrogen-bond acceptors (Lipinski definition) is 3. The van der Waals surface area contributed by atoms with Gasteiger partial charge >= 0.3 is 0 Å². The SMILES string of the molecule is CN(C)CCCCc1ccc(/C(=C\[C@H]2CCC(=O)N2)c2ccc(C(C)(C)C)cc2)[nH]c1=O. The smallest absolute Gasteiger partial charge is 0.251 e. The van der Waals surface area contributed by atoms with E-state index < -0.39 is 0 Å². The van der Waals surface area contributed by atoms with Crippen molar-refractivity contribution >= 4 is 11.5 Å². The topological polar surface area (TPSA) is 65.2 Å². The summed E-state index contributed by atoms with van der Waals surface area (Å²) in [5.74, 6) is 0.0789. The molecule has 0 radical (unpaired) electrons. The molecule has 3 rings (SSSR count). The number of carbonyl (C=O) groups excluding carboxylic acids is 1. The molecular weight excluding hydrogens is 398 g/mol. The molecule has 32 heavy (non-hydrogen) atoms. The van der Waals surface area contributed by atoms with Crippen molar-refractivity contribution in [3.63, 3.8) is 0 Å². The third-order valence-electron chi connectivity index (χ3n) is 6.04. The van der Waals surface area contributed by atoms with Gasteiger partial charge in [0.05, 0.1) is 0 Å². The number of amides is 1. The predicted molar refractivity (Wildman–Crippen MR) is 132 cm³/mol. The highest BCUT2D eigenvalue weighted by Crippen LogP contribution is 2.28. The Morgan fingerprint density at radius 1 is 1.06 bits per heavy atom. The van der Waals surface area contributed by atoms with Crippen LogP contribution in [-0.4, -0.2) is 42.5 Å². The summed E-state index contributed by atoms with van der Waals surface area (Å²) in [5, 5.41) is 3.02. The summed E-state index contributed by atoms with van der Waals surface area (Å²) >= 11 is 0. The Balaban J connectivity index is 1.88. The van der Waals surface area contributed by atoms with E-state index in [0.717, 1.165) is 54.6 Å². The Bertz CT molecular complexity index is 1010. The number of aromatic amines is 1. The fourth-order valence-corrected chi connectivity index (χ4v) is 4.06. The van der Waals surface area contributed by atoms with E-state index in [-0.39, 0.29) is 22.9 Å². The van der Waals surface area contributed by atoms with E-state index in [2.05, 4.69) is 80.4 Å². The molecule has 0 spiro atoms. The predicted octanol–water partition coefficient (Wildman–Crippen LogP) is 4.27. The van der Waals surface area contributed by atoms with Crippen LogP contribution in [0.25, 0.3) is 5.57 Å². The molecule has 172 valence electrons. The number of nitrogens with one attached hydrogen (secondary N) is 2. The molecule has 1 atom stereocenters. The quantitative estimate of drug-likeness (QED) is 0.609. The summed E-state index contributed by atoms with van der Waals surface area (Å²) in [6, 6.07) is 12.4. The average Bonchev–Trinajstić information content (AvgIpc) is 3.14. The Morgan fingerprint density at radius 2 is 1.78 bits per heavy atom. The second kappa shape index (κ2) is 10.3. The second-order valence-corrected chi connectivity index (χ2v) is 10.1. The lowest BCUT2D eigenvalue weighted by molar-refractivity contribution is -0.119. The van der Waals surface area contributed by atoms with Gasteiger partial charge in [-0.15, -0.1) is 0 Å². The molecule has 2 aromatic rings. The van der Waals surface area contributed by atoms with Crippen LogP contribution in [0.15, 0.2) is 47.3 Å². The van der Waals surface area contributed by atoms with E-state index in [1.54, 1.807) is 0 Å². The van der Waals surface area contributed by atoms with E-state index in [4.69, 9.17) is 0 Å². The maximum atomic E-state index is 12.8. The van der Waals surface area contributed by atoms with E-state index >= 15 is 0 Å². The molecule has 0 bridgehead atoms. The van der Waals surface area contributed by atoms with Gasteiger partial charge in [0.1, 0.15) is 0 Å². The lowest BCUT2D eigenvalue weighted by atomic mass is 9.86. The first-order valence-electron chi connectivity index (χ1n) is 11.6. The Morgan fingerprint density at radius 3 is 2.34 bits per heavy atom. The van der Waals surface area contributed by atoms with Gasteiger partial charge in [0.2, 0.25) is 5.91 Å². The van der Waals surface area contributed by atoms with E-state index in [1.807, 2.05) is 12.1 Å². The van der Waals surface area contributed by atoms with Crippen LogP contribution >= 0.6 is 0 Å². The van der Waals surface area contributed by atoms with Crippen molar-refractivity contribution in [2.45, 2.75) is 64.3 Å². The molecule has 1 amide bonds. The number of H-pyrrole nitrogens is 1. The van der Waals surface area contributed by atoms with Crippen LogP contribution in [0.4, 0.5) is 0 Å². The van der Waals surface area contributed by atoms with Crippen molar-refractivity contribution in [3.8, 4) is 0 Å². The Hall–Kier alpha value is -2.66. The molecule has 0 unspecified atom stereocenters. The second-order valence-electron chi connectivity index (χ2n) is 10.1. The van der Waals surface area contributed by atoms with Crippen LogP contribution in [-0.2, 0) is 16.6 Å². The summed E-state index contributed by atoms with van der Waals surface area (Å²) in [4.78, 5) is 29.8. The van der Waals surface area contributed by atoms with Gasteiger partial charge in [-0.2, -0.15) is 0 Å². The first-order chi connectivity index (χ1) is 15.1. The standard InChI is InChI=1S/C27H37N3O2/c1-27(2,3)21-12-9-19(10-13-21)23(18-22-14-16-25(31)28-22)24-15-11-20(26(32)29-24)8-6-7-17-30(4)5/h9-13,15,18,22H,6-8,14,16-17H2,1-5H3,(H,28,31)(H,29,32)/b23-18-/t22-/m1/s1. The van der Waals surface area contributed by atoms with Crippen molar-refractivity contribution in [1.29, 1.82) is 0 Å². The van der Waals surface area contributed by atoms with E-state index in [1.165, 1.54) is 5.56 Å². The molecule has 5 heteroatoms. The highest BCUT2D eigenvalue weighted by molar-refractivity contribution is 5.82. The van der Waals surface area contributed by atoms with Gasteiger partial charge in [0, 0.05) is 29.3 Å². The first-order valence-corrected chi connectivity index (χ1v) is 11.6. The molecule has 1 saturated heterocycles. The van der Waals surface area contributed by atoms with Crippen LogP contribution < -0.4 is 10.9 Å². The fraction of sp³-hybridized carbons (Fsp3) is 0.481. The van der Waals surface area contributed by atoms with Gasteiger partial charge < -0.3 is 15.2 Å². The van der Waals surface area contributed by atoms with Gasteiger partial charge in [0.15, 0.2) is 0 Å². The van der Waals surface area contributed by atoms with Crippen molar-refractivity contribution in [1.82, 2.24) is 15.2 Å². The summed E-state index contributed by atoms with van der Waals surface area (Å²) in [6.45, 7) is 7.62. The zero-order valence-corrected chi connectivity index (χ0v) is 20.1. The third kappa shape index (κ3) is 6.42. The number of unbranched alkanes of at least 4 members (excludes halogenated alkanes) is 1. The van der Waals surface area contributed by atoms with Crippen molar-refractivity contribution in [2.24, 2.45) is 0 Å². The minimum Gasteiger partial charge on any atom is -0.350 e. The number of aryl methyl sites for hydroxylation is 1. The zero-order valence-electron chi connectivity index (χ0n) is 20.1. The Labute approximate surface area is 191 Å². The summed E-state index contributed by atoms with van der Waals surface area (Å²) in [5.41, 5.74) is 4.91. The number of hydrogen-bond donors (Lipinski definition) is 2. The molecule has 1 fully saturated rings. The molecule has 2 heterocycles. The number of rotatable bonds is 8. The number of aromatic nitrogens is 1. The monoisotopic (exact) mass is 435 g/mol. The van der Waals surface area contributed by atoms with Crippen LogP contribution in [0, 0.1) is 0 Å². The highest BCUT2D eigenvalue weighted by Gasteiger charge is 2.21. The van der Waals surface area contributed by atoms with Gasteiger partial charge in [0.25, 0.3) is 5.56 Å². The molecule has 5 nitrogen and oxygen atoms in total. The average molecular weight is 436 g/mol. The van der Waals surface area contributed by atoms with E-state index in [9.17, 15) is 9.59 Å². The number of benzene rings is 1. The highest BCUT2D eigenvalue weighted by atomic mass is 16.2. The molecule has 1 aliphatic rings. The van der Waals surface area contributed by atoms with Crippen molar-refractivity contribution < 1.29 is 4.79 Å². The molecule has 1 aromatic heterocycles. The summed E-state index contributed by atoms with van der Waals surface area (Å²) < 4.78 is 0. The summed E-state index contributed by atoms with van der Waals surface area (Å²) in [6.07, 6.45) is 6.24. The zero-order chi connectivity index (χ0) is 23.3. The molecule has 2 N–H and O–H groups in total. The van der Waals surface area contributed by atoms with Crippen LogP contribution in [0.3, 0.4) is 0 Å². The number of nitrogens with zero attached hydrogens (tertiary/aromatic N) is 1. The normalized spacial score (nSPS) is 17.1. The van der Waals surface area contributed by atoms with Gasteiger partial charge in [-0.3, -0.25) is 9.59 Å². The minimum atomic E-state index is -0.0278. The van der Waals surface area contributed by atoms with Crippen LogP contribution in [0.2, 0.25) is 0 Å². The van der Waals surface area contributed by atoms with E-state index in [0.29, 0.717) is 6.42 Å².